The topological polar surface area (TPSA) is 35.2 Å². The lowest BCUT2D eigenvalue weighted by Gasteiger charge is -2.26. The summed E-state index contributed by atoms with van der Waals surface area (Å²) in [5.74, 6) is 0. The highest BCUT2D eigenvalue weighted by molar-refractivity contribution is 4.75. The number of rotatable bonds is 3. The predicted molar refractivity (Wildman–Crippen MR) is 39.4 cm³/mol. The highest BCUT2D eigenvalue weighted by Gasteiger charge is 2.21. The zero-order valence-electron chi connectivity index (χ0n) is 7.10. The van der Waals surface area contributed by atoms with Gasteiger partial charge in [0.25, 0.3) is 0 Å². The molecule has 0 heterocycles. The van der Waals surface area contributed by atoms with Gasteiger partial charge in [0.1, 0.15) is 0 Å². The van der Waals surface area contributed by atoms with E-state index in [-0.39, 0.29) is 18.1 Å². The van der Waals surface area contributed by atoms with Gasteiger partial charge in [0.2, 0.25) is 0 Å². The van der Waals surface area contributed by atoms with Gasteiger partial charge in [-0.1, -0.05) is 20.8 Å². The molecule has 0 aliphatic rings. The van der Waals surface area contributed by atoms with Crippen LogP contribution in [-0.4, -0.2) is 19.3 Å². The van der Waals surface area contributed by atoms with Crippen molar-refractivity contribution in [3.8, 4) is 0 Å². The van der Waals surface area contributed by atoms with Crippen molar-refractivity contribution in [2.45, 2.75) is 33.4 Å². The Bertz CT molecular complexity index is 111. The van der Waals surface area contributed by atoms with Gasteiger partial charge in [0.05, 0.1) is 6.61 Å². The molecule has 68 valence electrons. The van der Waals surface area contributed by atoms with E-state index in [9.17, 15) is 8.78 Å². The molecule has 0 amide bonds. The first kappa shape index (κ1) is 10.8. The van der Waals surface area contributed by atoms with Crippen LogP contribution in [0, 0.1) is 5.41 Å². The molecule has 11 heavy (non-hydrogen) atoms. The minimum atomic E-state index is -2.72. The summed E-state index contributed by atoms with van der Waals surface area (Å²) in [7, 11) is 0. The van der Waals surface area contributed by atoms with Gasteiger partial charge in [-0.2, -0.15) is 8.78 Å². The zero-order chi connectivity index (χ0) is 9.07. The zero-order valence-corrected chi connectivity index (χ0v) is 7.10. The monoisotopic (exact) mass is 167 g/mol. The maximum atomic E-state index is 11.5. The Hall–Kier alpha value is -0.220. The van der Waals surface area contributed by atoms with Crippen molar-refractivity contribution < 1.29 is 13.5 Å². The normalized spacial score (nSPS) is 15.5. The first-order chi connectivity index (χ1) is 4.84. The smallest absolute Gasteiger partial charge is 0.325 e. The van der Waals surface area contributed by atoms with Gasteiger partial charge in [-0.25, -0.2) is 0 Å². The molecule has 0 rings (SSSR count). The third kappa shape index (κ3) is 5.09. The molecule has 0 aromatic heterocycles. The lowest BCUT2D eigenvalue weighted by Crippen LogP contribution is -2.39. The van der Waals surface area contributed by atoms with Gasteiger partial charge in [0, 0.05) is 6.04 Å². The highest BCUT2D eigenvalue weighted by Crippen LogP contribution is 2.17. The van der Waals surface area contributed by atoms with Crippen LogP contribution in [0.1, 0.15) is 20.8 Å². The van der Waals surface area contributed by atoms with Crippen molar-refractivity contribution in [1.82, 2.24) is 0 Å². The van der Waals surface area contributed by atoms with Crippen molar-refractivity contribution in [2.24, 2.45) is 11.1 Å². The van der Waals surface area contributed by atoms with Crippen molar-refractivity contribution in [1.29, 1.82) is 0 Å². The van der Waals surface area contributed by atoms with E-state index in [0.717, 1.165) is 0 Å². The minimum Gasteiger partial charge on any atom is -0.325 e. The van der Waals surface area contributed by atoms with Gasteiger partial charge in [-0.15, -0.1) is 0 Å². The molecule has 4 heteroatoms. The molecule has 0 fully saturated rings. The van der Waals surface area contributed by atoms with E-state index in [2.05, 4.69) is 4.74 Å². The van der Waals surface area contributed by atoms with Crippen LogP contribution < -0.4 is 5.73 Å². The summed E-state index contributed by atoms with van der Waals surface area (Å²) in [5, 5.41) is 0. The van der Waals surface area contributed by atoms with Crippen LogP contribution >= 0.6 is 0 Å². The van der Waals surface area contributed by atoms with Crippen molar-refractivity contribution in [3.05, 3.63) is 0 Å². The van der Waals surface area contributed by atoms with Crippen molar-refractivity contribution in [3.63, 3.8) is 0 Å². The average Bonchev–Trinajstić information content (AvgIpc) is 1.80. The van der Waals surface area contributed by atoms with E-state index in [1.54, 1.807) is 0 Å². The first-order valence-electron chi connectivity index (χ1n) is 3.49. The van der Waals surface area contributed by atoms with Gasteiger partial charge in [-0.05, 0) is 5.41 Å². The second-order valence-corrected chi connectivity index (χ2v) is 3.57. The minimum absolute atomic E-state index is 0.0961. The molecule has 0 aliphatic heterocycles. The Kier molecular flexibility index (Phi) is 3.89. The summed E-state index contributed by atoms with van der Waals surface area (Å²) >= 11 is 0. The molecule has 1 atom stereocenters. The lowest BCUT2D eigenvalue weighted by molar-refractivity contribution is -0.136. The summed E-state index contributed by atoms with van der Waals surface area (Å²) in [6.07, 6.45) is 0. The van der Waals surface area contributed by atoms with Gasteiger partial charge in [0.15, 0.2) is 0 Å². The third-order valence-corrected chi connectivity index (χ3v) is 1.51. The molecule has 2 nitrogen and oxygen atoms in total. The fourth-order valence-corrected chi connectivity index (χ4v) is 0.426. The van der Waals surface area contributed by atoms with Crippen LogP contribution in [0.5, 0.6) is 0 Å². The Labute approximate surface area is 65.7 Å². The van der Waals surface area contributed by atoms with Gasteiger partial charge >= 0.3 is 6.61 Å². The summed E-state index contributed by atoms with van der Waals surface area (Å²) < 4.78 is 27.1. The number of hydrogen-bond acceptors (Lipinski definition) is 2. The van der Waals surface area contributed by atoms with Crippen LogP contribution in [0.4, 0.5) is 8.78 Å². The molecule has 0 aromatic rings. The standard InChI is InChI=1S/C7H15F2NO/c1-7(2,3)5(10)4-11-6(8)9/h5-6H,4,10H2,1-3H3. The SMILES string of the molecule is CC(C)(C)C(N)COC(F)F. The van der Waals surface area contributed by atoms with Crippen LogP contribution in [-0.2, 0) is 4.74 Å². The van der Waals surface area contributed by atoms with Gasteiger partial charge < -0.3 is 10.5 Å². The number of halogens is 2. The maximum absolute atomic E-state index is 11.5. The van der Waals surface area contributed by atoms with Crippen LogP contribution in [0.3, 0.4) is 0 Å². The second-order valence-electron chi connectivity index (χ2n) is 3.57. The number of hydrogen-bond donors (Lipinski definition) is 1. The number of nitrogens with two attached hydrogens (primary N) is 1. The second kappa shape index (κ2) is 3.97. The average molecular weight is 167 g/mol. The van der Waals surface area contributed by atoms with Crippen molar-refractivity contribution in [2.75, 3.05) is 6.61 Å². The Morgan fingerprint density at radius 3 is 2.09 bits per heavy atom. The van der Waals surface area contributed by atoms with Crippen LogP contribution in [0.15, 0.2) is 0 Å². The molecule has 2 N–H and O–H groups in total. The third-order valence-electron chi connectivity index (χ3n) is 1.51. The number of alkyl halides is 2. The molecule has 0 saturated carbocycles. The molecule has 0 bridgehead atoms. The van der Waals surface area contributed by atoms with Crippen LogP contribution in [0.25, 0.3) is 0 Å². The van der Waals surface area contributed by atoms with E-state index >= 15 is 0 Å². The Morgan fingerprint density at radius 2 is 1.82 bits per heavy atom. The quantitative estimate of drug-likeness (QED) is 0.692. The van der Waals surface area contributed by atoms with Crippen molar-refractivity contribution >= 4 is 0 Å². The van der Waals surface area contributed by atoms with Crippen LogP contribution in [0.2, 0.25) is 0 Å². The van der Waals surface area contributed by atoms with E-state index < -0.39 is 6.61 Å². The largest absolute Gasteiger partial charge is 0.345 e. The summed E-state index contributed by atoms with van der Waals surface area (Å²) in [6.45, 7) is 2.83. The molecule has 0 aliphatic carbocycles. The molecule has 0 saturated heterocycles. The summed E-state index contributed by atoms with van der Waals surface area (Å²) in [6, 6.07) is -0.350. The summed E-state index contributed by atoms with van der Waals surface area (Å²) in [5.41, 5.74) is 5.36. The summed E-state index contributed by atoms with van der Waals surface area (Å²) in [4.78, 5) is 0. The van der Waals surface area contributed by atoms with E-state index in [4.69, 9.17) is 5.73 Å². The predicted octanol–water partition coefficient (Wildman–Crippen LogP) is 1.60. The molecule has 1 unspecified atom stereocenters. The molecular formula is C7H15F2NO. The Balaban J connectivity index is 3.61. The fraction of sp³-hybridized carbons (Fsp3) is 1.00. The van der Waals surface area contributed by atoms with Gasteiger partial charge in [-0.3, -0.25) is 0 Å². The maximum Gasteiger partial charge on any atom is 0.345 e. The van der Waals surface area contributed by atoms with E-state index in [0.29, 0.717) is 0 Å². The first-order valence-corrected chi connectivity index (χ1v) is 3.49. The highest BCUT2D eigenvalue weighted by atomic mass is 19.3. The molecule has 0 spiro atoms. The fourth-order valence-electron chi connectivity index (χ4n) is 0.426. The molecule has 0 aromatic carbocycles. The number of ether oxygens (including phenoxy) is 1. The molecule has 0 radical (unpaired) electrons. The lowest BCUT2D eigenvalue weighted by atomic mass is 9.88. The van der Waals surface area contributed by atoms with E-state index in [1.165, 1.54) is 0 Å². The molecular weight excluding hydrogens is 152 g/mol. The van der Waals surface area contributed by atoms with E-state index in [1.807, 2.05) is 20.8 Å². The Morgan fingerprint density at radius 1 is 1.36 bits per heavy atom.